The van der Waals surface area contributed by atoms with E-state index in [2.05, 4.69) is 10.3 Å². The number of carbonyl (C=O) groups is 2. The monoisotopic (exact) mass is 264 g/mol. The number of amides is 3. The number of rotatable bonds is 2. The molecule has 2 aromatic rings. The molecule has 0 atom stereocenters. The van der Waals surface area contributed by atoms with Gasteiger partial charge in [0.05, 0.1) is 0 Å². The summed E-state index contributed by atoms with van der Waals surface area (Å²) in [4.78, 5) is 28.0. The summed E-state index contributed by atoms with van der Waals surface area (Å²) in [5.41, 5.74) is 1.42. The van der Waals surface area contributed by atoms with Crippen LogP contribution in [0, 0.1) is 4.84 Å². The molecule has 18 heavy (non-hydrogen) atoms. The molecular weight excluding hydrogens is 256 g/mol. The molecule has 1 N–H and O–H groups in total. The van der Waals surface area contributed by atoms with E-state index in [4.69, 9.17) is 16.7 Å². The van der Waals surface area contributed by atoms with Gasteiger partial charge in [-0.3, -0.25) is 10.1 Å². The van der Waals surface area contributed by atoms with E-state index in [-0.39, 0.29) is 23.3 Å². The predicted molar refractivity (Wildman–Crippen MR) is 62.2 cm³/mol. The lowest BCUT2D eigenvalue weighted by Crippen LogP contribution is -2.27. The van der Waals surface area contributed by atoms with E-state index >= 15 is 0 Å². The highest BCUT2D eigenvalue weighted by Crippen LogP contribution is 2.11. The summed E-state index contributed by atoms with van der Waals surface area (Å²) in [5, 5.41) is 2.22. The highest BCUT2D eigenvalue weighted by Gasteiger charge is 2.26. The average molecular weight is 264 g/mol. The van der Waals surface area contributed by atoms with E-state index in [1.165, 1.54) is 9.47 Å². The number of hydrogen-bond donors (Lipinski definition) is 1. The van der Waals surface area contributed by atoms with E-state index in [1.807, 2.05) is 0 Å². The summed E-state index contributed by atoms with van der Waals surface area (Å²) in [5.74, 6) is -0.287. The number of pyridine rings is 1. The van der Waals surface area contributed by atoms with E-state index in [0.29, 0.717) is 12.2 Å². The van der Waals surface area contributed by atoms with Gasteiger partial charge in [0, 0.05) is 12.7 Å². The van der Waals surface area contributed by atoms with E-state index in [1.54, 1.807) is 18.3 Å². The Bertz CT molecular complexity index is 704. The number of hydrogen-bond acceptors (Lipinski definition) is 5. The molecule has 0 radical (unpaired) electrons. The minimum absolute atomic E-state index is 0.0785. The van der Waals surface area contributed by atoms with Crippen LogP contribution < -0.4 is 5.32 Å². The first-order valence-corrected chi connectivity index (χ1v) is 5.60. The lowest BCUT2D eigenvalue weighted by molar-refractivity contribution is -0.118. The minimum atomic E-state index is -0.378. The molecule has 92 valence electrons. The third-order valence-electron chi connectivity index (χ3n) is 2.59. The van der Waals surface area contributed by atoms with Crippen molar-refractivity contribution in [1.29, 1.82) is 0 Å². The summed E-state index contributed by atoms with van der Waals surface area (Å²) in [7, 11) is 0. The third kappa shape index (κ3) is 1.86. The van der Waals surface area contributed by atoms with Crippen LogP contribution in [0.3, 0.4) is 0 Å². The fraction of sp³-hybridized carbons (Fsp3) is 0.200. The van der Waals surface area contributed by atoms with Crippen molar-refractivity contribution in [1.82, 2.24) is 19.8 Å². The van der Waals surface area contributed by atoms with Gasteiger partial charge in [0.2, 0.25) is 5.91 Å². The van der Waals surface area contributed by atoms with Crippen molar-refractivity contribution in [3.05, 3.63) is 28.7 Å². The molecule has 1 saturated heterocycles. The summed E-state index contributed by atoms with van der Waals surface area (Å²) in [6, 6.07) is 3.16. The van der Waals surface area contributed by atoms with Crippen molar-refractivity contribution in [2.45, 2.75) is 6.54 Å². The number of imide groups is 1. The topological polar surface area (TPSA) is 79.8 Å². The van der Waals surface area contributed by atoms with Crippen LogP contribution in [0.15, 0.2) is 22.9 Å². The highest BCUT2D eigenvalue weighted by atomic mass is 32.1. The van der Waals surface area contributed by atoms with Crippen LogP contribution in [-0.2, 0) is 11.3 Å². The number of nitrogens with one attached hydrogen (secondary N) is 1. The smallest absolute Gasteiger partial charge is 0.324 e. The van der Waals surface area contributed by atoms with Crippen LogP contribution in [0.1, 0.15) is 5.56 Å². The Hall–Kier alpha value is -2.22. The Labute approximate surface area is 106 Å². The van der Waals surface area contributed by atoms with Crippen LogP contribution in [0.5, 0.6) is 0 Å². The van der Waals surface area contributed by atoms with Gasteiger partial charge in [-0.25, -0.2) is 4.79 Å². The van der Waals surface area contributed by atoms with Gasteiger partial charge in [-0.05, 0) is 29.9 Å². The molecular formula is C10H8N4O3S. The zero-order valence-corrected chi connectivity index (χ0v) is 9.94. The predicted octanol–water partition coefficient (Wildman–Crippen LogP) is 0.709. The van der Waals surface area contributed by atoms with Crippen LogP contribution in [0.4, 0.5) is 4.79 Å². The van der Waals surface area contributed by atoms with Gasteiger partial charge in [-0.2, -0.15) is 9.56 Å². The average Bonchev–Trinajstić information content (AvgIpc) is 2.80. The lowest BCUT2D eigenvalue weighted by atomic mass is 10.2. The number of urea groups is 1. The van der Waals surface area contributed by atoms with Gasteiger partial charge in [-0.15, -0.1) is 0 Å². The fourth-order valence-electron chi connectivity index (χ4n) is 1.80. The lowest BCUT2D eigenvalue weighted by Gasteiger charge is -2.12. The van der Waals surface area contributed by atoms with Crippen LogP contribution in [0.25, 0.3) is 5.65 Å². The molecule has 0 spiro atoms. The van der Waals surface area contributed by atoms with Gasteiger partial charge < -0.3 is 9.42 Å². The SMILES string of the molecule is O=C1CN(Cc2ccn3oc(=S)nc3c2)C(=O)N1. The molecule has 0 bridgehead atoms. The molecule has 0 saturated carbocycles. The van der Waals surface area contributed by atoms with Gasteiger partial charge in [-0.1, -0.05) is 0 Å². The Kier molecular flexibility index (Phi) is 2.37. The zero-order valence-electron chi connectivity index (χ0n) is 9.12. The second kappa shape index (κ2) is 3.91. The summed E-state index contributed by atoms with van der Waals surface area (Å²) in [6.45, 7) is 0.419. The molecule has 3 rings (SSSR count). The normalized spacial score (nSPS) is 15.4. The Morgan fingerprint density at radius 2 is 2.33 bits per heavy atom. The molecule has 7 nitrogen and oxygen atoms in total. The maximum atomic E-state index is 11.4. The van der Waals surface area contributed by atoms with Crippen LogP contribution >= 0.6 is 12.2 Å². The number of carbonyl (C=O) groups excluding carboxylic acids is 2. The van der Waals surface area contributed by atoms with Crippen molar-refractivity contribution >= 4 is 29.8 Å². The Morgan fingerprint density at radius 1 is 1.50 bits per heavy atom. The molecule has 1 fully saturated rings. The van der Waals surface area contributed by atoms with Crippen molar-refractivity contribution in [3.8, 4) is 0 Å². The van der Waals surface area contributed by atoms with Gasteiger partial charge in [0.15, 0.2) is 5.65 Å². The quantitative estimate of drug-likeness (QED) is 0.638. The molecule has 0 aliphatic carbocycles. The maximum absolute atomic E-state index is 11.4. The number of fused-ring (bicyclic) bond motifs is 1. The minimum Gasteiger partial charge on any atom is -0.341 e. The van der Waals surface area contributed by atoms with Crippen molar-refractivity contribution < 1.29 is 14.1 Å². The van der Waals surface area contributed by atoms with Crippen molar-refractivity contribution in [2.24, 2.45) is 0 Å². The van der Waals surface area contributed by atoms with Gasteiger partial charge in [0.1, 0.15) is 6.54 Å². The standard InChI is InChI=1S/C10H8N4O3S/c15-8-5-13(9(16)12-8)4-6-1-2-14-7(3-6)11-10(18)17-14/h1-3H,4-5H2,(H,12,15,16). The summed E-state index contributed by atoms with van der Waals surface area (Å²) in [6.07, 6.45) is 1.67. The van der Waals surface area contributed by atoms with Crippen molar-refractivity contribution in [2.75, 3.05) is 6.54 Å². The second-order valence-corrected chi connectivity index (χ2v) is 4.25. The molecule has 0 unspecified atom stereocenters. The van der Waals surface area contributed by atoms with E-state index < -0.39 is 0 Å². The first kappa shape index (κ1) is 10.9. The van der Waals surface area contributed by atoms with Crippen molar-refractivity contribution in [3.63, 3.8) is 0 Å². The summed E-state index contributed by atoms with van der Waals surface area (Å²) >= 11 is 4.82. The molecule has 0 aromatic carbocycles. The van der Waals surface area contributed by atoms with Gasteiger partial charge in [0.25, 0.3) is 0 Å². The first-order valence-electron chi connectivity index (χ1n) is 5.19. The fourth-order valence-corrected chi connectivity index (χ4v) is 1.98. The first-order chi connectivity index (χ1) is 8.61. The Morgan fingerprint density at radius 3 is 3.06 bits per heavy atom. The number of nitrogens with zero attached hydrogens (tertiary/aromatic N) is 3. The largest absolute Gasteiger partial charge is 0.341 e. The zero-order chi connectivity index (χ0) is 12.7. The number of aromatic nitrogens is 2. The third-order valence-corrected chi connectivity index (χ3v) is 2.75. The van der Waals surface area contributed by atoms with Crippen LogP contribution in [0.2, 0.25) is 0 Å². The van der Waals surface area contributed by atoms with E-state index in [0.717, 1.165) is 5.56 Å². The maximum Gasteiger partial charge on any atom is 0.324 e. The Balaban J connectivity index is 1.88. The van der Waals surface area contributed by atoms with Crippen LogP contribution in [-0.4, -0.2) is 32.9 Å². The highest BCUT2D eigenvalue weighted by molar-refractivity contribution is 7.71. The molecule has 8 heteroatoms. The molecule has 1 aliphatic heterocycles. The van der Waals surface area contributed by atoms with E-state index in [9.17, 15) is 9.59 Å². The second-order valence-electron chi connectivity index (χ2n) is 3.90. The molecule has 2 aromatic heterocycles. The molecule has 3 heterocycles. The molecule has 1 aliphatic rings. The molecule has 3 amide bonds. The summed E-state index contributed by atoms with van der Waals surface area (Å²) < 4.78 is 6.55. The van der Waals surface area contributed by atoms with Gasteiger partial charge >= 0.3 is 10.9 Å².